The maximum Gasteiger partial charge on any atom is 0.252 e. The van der Waals surface area contributed by atoms with Crippen LogP contribution in [0.5, 0.6) is 0 Å². The van der Waals surface area contributed by atoms with Crippen molar-refractivity contribution < 1.29 is 13.7 Å². The van der Waals surface area contributed by atoms with Gasteiger partial charge in [0.05, 0.1) is 13.7 Å². The van der Waals surface area contributed by atoms with E-state index in [2.05, 4.69) is 192 Å². The summed E-state index contributed by atoms with van der Waals surface area (Å²) in [6.45, 7) is 20.1. The third-order valence-corrected chi connectivity index (χ3v) is 16.0. The molecule has 0 unspecified atom stereocenters. The van der Waals surface area contributed by atoms with Crippen molar-refractivity contribution >= 4 is 74.3 Å². The fourth-order valence-electron chi connectivity index (χ4n) is 12.0. The van der Waals surface area contributed by atoms with Crippen LogP contribution >= 0.6 is 0 Å². The first-order chi connectivity index (χ1) is 40.8. The Balaban J connectivity index is 1.07. The van der Waals surface area contributed by atoms with Crippen LogP contribution in [0.4, 0.5) is 51.2 Å². The Labute approximate surface area is 464 Å². The number of benzene rings is 10. The van der Waals surface area contributed by atoms with Gasteiger partial charge in [0.25, 0.3) is 6.71 Å². The number of hydrogen-bond acceptors (Lipinski definition) is 3. The lowest BCUT2D eigenvalue weighted by molar-refractivity contribution is 0.590. The molecule has 13 rings (SSSR count). The van der Waals surface area contributed by atoms with Crippen LogP contribution in [0.3, 0.4) is 0 Å². The molecule has 10 aromatic carbocycles. The second-order valence-corrected chi connectivity index (χ2v) is 23.2. The Morgan fingerprint density at radius 3 is 1.55 bits per heavy atom. The van der Waals surface area contributed by atoms with Gasteiger partial charge in [0.15, 0.2) is 0 Å². The molecule has 0 radical (unpaired) electrons. The number of aryl methyl sites for hydroxylation is 1. The van der Waals surface area contributed by atoms with Gasteiger partial charge in [-0.2, -0.15) is 0 Å². The van der Waals surface area contributed by atoms with Crippen molar-refractivity contribution in [3.63, 3.8) is 0 Å². The van der Waals surface area contributed by atoms with E-state index in [1.807, 2.05) is 24.3 Å². The number of hydrogen-bond donors (Lipinski definition) is 0. The maximum absolute atomic E-state index is 8.85. The van der Waals surface area contributed by atoms with Gasteiger partial charge in [0.1, 0.15) is 0 Å². The minimum Gasteiger partial charge on any atom is -0.311 e. The molecule has 370 valence electrons. The fourth-order valence-corrected chi connectivity index (χ4v) is 12.0. The van der Waals surface area contributed by atoms with Gasteiger partial charge in [-0.15, -0.1) is 0 Å². The van der Waals surface area contributed by atoms with E-state index in [4.69, 9.17) is 13.7 Å². The monoisotopic (exact) mass is 992 g/mol. The highest BCUT2D eigenvalue weighted by Gasteiger charge is 2.45. The van der Waals surface area contributed by atoms with Crippen LogP contribution in [-0.4, -0.2) is 6.71 Å². The van der Waals surface area contributed by atoms with Crippen molar-refractivity contribution in [2.45, 2.75) is 78.6 Å². The number of nitrogens with zero attached hydrogens (tertiary/aromatic N) is 3. The lowest BCUT2D eigenvalue weighted by Gasteiger charge is -2.45. The maximum atomic E-state index is 8.85. The van der Waals surface area contributed by atoms with Crippen LogP contribution in [0.2, 0.25) is 0 Å². The number of anilines is 9. The van der Waals surface area contributed by atoms with Gasteiger partial charge in [-0.1, -0.05) is 201 Å². The van der Waals surface area contributed by atoms with Gasteiger partial charge < -0.3 is 14.7 Å². The van der Waals surface area contributed by atoms with Crippen molar-refractivity contribution in [3.05, 3.63) is 252 Å². The van der Waals surface area contributed by atoms with E-state index in [0.29, 0.717) is 22.5 Å². The van der Waals surface area contributed by atoms with E-state index < -0.39 is 36.3 Å². The summed E-state index contributed by atoms with van der Waals surface area (Å²) in [5, 5.41) is 0. The zero-order chi connectivity index (χ0) is 61.0. The summed E-state index contributed by atoms with van der Waals surface area (Å²) in [4.78, 5) is 7.01. The molecule has 0 bridgehead atoms. The average molecular weight is 992 g/mol. The first-order valence-electron chi connectivity index (χ1n) is 31.3. The molecule has 0 amide bonds. The van der Waals surface area contributed by atoms with Gasteiger partial charge >= 0.3 is 0 Å². The summed E-state index contributed by atoms with van der Waals surface area (Å²) in [6.07, 6.45) is 0. The quantitative estimate of drug-likeness (QED) is 0.147. The molecule has 3 aliphatic rings. The molecular formula is C72H64BN3. The zero-order valence-corrected chi connectivity index (χ0v) is 44.5. The smallest absolute Gasteiger partial charge is 0.252 e. The molecule has 2 aliphatic heterocycles. The third kappa shape index (κ3) is 7.80. The van der Waals surface area contributed by atoms with E-state index in [9.17, 15) is 0 Å². The molecule has 2 heterocycles. The standard InChI is InChI=1S/C72H64BN3/c1-47-42-67-69-68(43-47)76(57-37-39-60-59-22-16-17-23-61(59)72(8,9)62(60)45-57)66-46-58(74(54-31-24-50(25-32-54)48-18-12-10-13-19-48)55-33-26-51(27-34-55)49-20-14-11-15-21-49)38-40-63(66)73(69)64-44-53(71(5,6)7)30-41-65(64)75(67)56-35-28-52(29-36-56)70(2,3)4/h10-46H,1-9H3/i10D,11D,12D,13D,14D,15D,18D,19D,20D,21D. The largest absolute Gasteiger partial charge is 0.311 e. The van der Waals surface area contributed by atoms with Crippen molar-refractivity contribution in [1.82, 2.24) is 0 Å². The number of fused-ring (bicyclic) bond motifs is 7. The molecule has 0 N–H and O–H groups in total. The highest BCUT2D eigenvalue weighted by atomic mass is 15.2. The van der Waals surface area contributed by atoms with Crippen LogP contribution in [0.15, 0.2) is 224 Å². The molecule has 0 aromatic heterocycles. The Morgan fingerprint density at radius 1 is 0.434 bits per heavy atom. The highest BCUT2D eigenvalue weighted by Crippen LogP contribution is 2.52. The summed E-state index contributed by atoms with van der Waals surface area (Å²) in [7, 11) is 0. The zero-order valence-electron chi connectivity index (χ0n) is 54.5. The van der Waals surface area contributed by atoms with Gasteiger partial charge in [0, 0.05) is 56.6 Å². The van der Waals surface area contributed by atoms with E-state index in [1.54, 1.807) is 24.3 Å². The van der Waals surface area contributed by atoms with Crippen LogP contribution in [-0.2, 0) is 16.2 Å². The SMILES string of the molecule is [2H]c1c([2H])c([2H])c(-c2ccc(N(c3ccc(-c4c([2H])c([2H])c([2H])c([2H])c4[2H])cc3)c3ccc4c(c3)N(c3ccc5c(c3)C(C)(C)c3ccccc3-5)c3cc(C)cc5c3B4c3cc(C(C)(C)C)ccc3N5c3ccc(C(C)(C)C)cc3)cc2)c([2H])c1[2H]. The Morgan fingerprint density at radius 2 is 0.961 bits per heavy atom. The second kappa shape index (κ2) is 17.6. The van der Waals surface area contributed by atoms with Crippen LogP contribution in [0.1, 0.15) is 96.9 Å². The summed E-state index contributed by atoms with van der Waals surface area (Å²) in [5.74, 6) is 0. The van der Waals surface area contributed by atoms with Gasteiger partial charge in [-0.05, 0) is 174 Å². The molecule has 0 saturated heterocycles. The van der Waals surface area contributed by atoms with Crippen molar-refractivity contribution in [2.75, 3.05) is 14.7 Å². The predicted octanol–water partition coefficient (Wildman–Crippen LogP) is 17.8. The summed E-state index contributed by atoms with van der Waals surface area (Å²) in [5.41, 5.74) is 21.1. The van der Waals surface area contributed by atoms with Crippen LogP contribution < -0.4 is 31.1 Å². The summed E-state index contributed by atoms with van der Waals surface area (Å²) < 4.78 is 85.9. The Kier molecular flexibility index (Phi) is 8.68. The molecule has 0 spiro atoms. The molecule has 3 nitrogen and oxygen atoms in total. The fraction of sp³-hybridized carbons (Fsp3) is 0.167. The van der Waals surface area contributed by atoms with E-state index >= 15 is 0 Å². The van der Waals surface area contributed by atoms with Crippen LogP contribution in [0, 0.1) is 6.92 Å². The predicted molar refractivity (Wildman–Crippen MR) is 326 cm³/mol. The van der Waals surface area contributed by atoms with Crippen molar-refractivity contribution in [3.8, 4) is 33.4 Å². The highest BCUT2D eigenvalue weighted by molar-refractivity contribution is 7.00. The molecule has 10 aromatic rings. The second-order valence-electron chi connectivity index (χ2n) is 23.2. The minimum atomic E-state index is -0.461. The lowest BCUT2D eigenvalue weighted by atomic mass is 9.33. The van der Waals surface area contributed by atoms with Gasteiger partial charge in [-0.25, -0.2) is 0 Å². The number of rotatable bonds is 7. The van der Waals surface area contributed by atoms with E-state index in [1.165, 1.54) is 44.3 Å². The molecule has 76 heavy (non-hydrogen) atoms. The summed E-state index contributed by atoms with van der Waals surface area (Å²) in [6, 6.07) is 53.9. The van der Waals surface area contributed by atoms with Gasteiger partial charge in [-0.3, -0.25) is 0 Å². The van der Waals surface area contributed by atoms with Gasteiger partial charge in [0.2, 0.25) is 0 Å². The van der Waals surface area contributed by atoms with Crippen molar-refractivity contribution in [1.29, 1.82) is 0 Å². The van der Waals surface area contributed by atoms with E-state index in [-0.39, 0.29) is 58.3 Å². The molecular weight excluding hydrogens is 918 g/mol. The van der Waals surface area contributed by atoms with Crippen molar-refractivity contribution in [2.24, 2.45) is 0 Å². The molecule has 0 saturated carbocycles. The summed E-state index contributed by atoms with van der Waals surface area (Å²) >= 11 is 0. The molecule has 4 heteroatoms. The topological polar surface area (TPSA) is 9.72 Å². The van der Waals surface area contributed by atoms with Crippen LogP contribution in [0.25, 0.3) is 33.4 Å². The minimum absolute atomic E-state index is 0.0345. The average Bonchev–Trinajstić information content (AvgIpc) is 0.761. The Bertz CT molecular complexity index is 4320. The third-order valence-electron chi connectivity index (χ3n) is 16.0. The first kappa shape index (κ1) is 37.4. The Hall–Kier alpha value is -8.34. The molecule has 1 aliphatic carbocycles. The van der Waals surface area contributed by atoms with E-state index in [0.717, 1.165) is 50.8 Å². The first-order valence-corrected chi connectivity index (χ1v) is 26.3. The molecule has 0 fully saturated rings. The normalized spacial score (nSPS) is 15.7. The lowest BCUT2D eigenvalue weighted by Crippen LogP contribution is -2.61. The molecule has 0 atom stereocenters.